The van der Waals surface area contributed by atoms with Crippen LogP contribution in [0.15, 0.2) is 23.2 Å². The molecule has 0 spiro atoms. The molecule has 1 saturated heterocycles. The van der Waals surface area contributed by atoms with Gasteiger partial charge >= 0.3 is 0 Å². The second-order valence-corrected chi connectivity index (χ2v) is 6.54. The number of hydrogen-bond acceptors (Lipinski definition) is 2. The second kappa shape index (κ2) is 8.42. The minimum Gasteiger partial charge on any atom is -0.373 e. The smallest absolute Gasteiger partial charge is 0.191 e. The molecular formula is C18H27F2N3O. The Hall–Kier alpha value is -1.69. The zero-order valence-electron chi connectivity index (χ0n) is 14.7. The number of nitrogens with one attached hydrogen (secondary N) is 2. The lowest BCUT2D eigenvalue weighted by molar-refractivity contribution is 0.0283. The molecular weight excluding hydrogens is 312 g/mol. The fourth-order valence-electron chi connectivity index (χ4n) is 2.81. The van der Waals surface area contributed by atoms with Gasteiger partial charge in [-0.1, -0.05) is 13.0 Å². The van der Waals surface area contributed by atoms with Crippen LogP contribution in [-0.4, -0.2) is 37.8 Å². The van der Waals surface area contributed by atoms with E-state index in [0.29, 0.717) is 24.6 Å². The summed E-state index contributed by atoms with van der Waals surface area (Å²) in [6, 6.07) is 3.70. The first kappa shape index (κ1) is 18.6. The van der Waals surface area contributed by atoms with Crippen molar-refractivity contribution in [3.63, 3.8) is 0 Å². The van der Waals surface area contributed by atoms with Crippen LogP contribution in [0.1, 0.15) is 45.1 Å². The predicted molar refractivity (Wildman–Crippen MR) is 92.3 cm³/mol. The predicted octanol–water partition coefficient (Wildman–Crippen LogP) is 3.19. The molecule has 2 unspecified atom stereocenters. The van der Waals surface area contributed by atoms with Crippen molar-refractivity contribution in [1.29, 1.82) is 0 Å². The number of ether oxygens (including phenoxy) is 1. The SMILES string of the molecule is CCNC(=NCC1(C)CCCO1)NCC(C)c1ccc(F)cc1F. The van der Waals surface area contributed by atoms with Crippen molar-refractivity contribution >= 4 is 5.96 Å². The zero-order valence-corrected chi connectivity index (χ0v) is 14.7. The van der Waals surface area contributed by atoms with E-state index in [1.165, 1.54) is 12.1 Å². The van der Waals surface area contributed by atoms with E-state index in [0.717, 1.165) is 32.1 Å². The molecule has 4 nitrogen and oxygen atoms in total. The van der Waals surface area contributed by atoms with Crippen LogP contribution in [0.3, 0.4) is 0 Å². The summed E-state index contributed by atoms with van der Waals surface area (Å²) in [5.74, 6) is -0.495. The average molecular weight is 339 g/mol. The van der Waals surface area contributed by atoms with Crippen molar-refractivity contribution < 1.29 is 13.5 Å². The number of guanidine groups is 1. The van der Waals surface area contributed by atoms with Gasteiger partial charge in [-0.15, -0.1) is 0 Å². The Kier molecular flexibility index (Phi) is 6.54. The van der Waals surface area contributed by atoms with E-state index in [1.807, 2.05) is 13.8 Å². The molecule has 0 aliphatic carbocycles. The zero-order chi connectivity index (χ0) is 17.6. The molecule has 2 rings (SSSR count). The van der Waals surface area contributed by atoms with E-state index in [1.54, 1.807) is 0 Å². The molecule has 1 aliphatic rings. The Labute approximate surface area is 142 Å². The normalized spacial score (nSPS) is 22.5. The number of halogens is 2. The third kappa shape index (κ3) is 5.16. The lowest BCUT2D eigenvalue weighted by atomic mass is 10.0. The summed E-state index contributed by atoms with van der Waals surface area (Å²) >= 11 is 0. The summed E-state index contributed by atoms with van der Waals surface area (Å²) in [5.41, 5.74) is 0.294. The highest BCUT2D eigenvalue weighted by Crippen LogP contribution is 2.25. The first-order chi connectivity index (χ1) is 11.4. The van der Waals surface area contributed by atoms with Crippen LogP contribution in [0.4, 0.5) is 8.78 Å². The van der Waals surface area contributed by atoms with Crippen molar-refractivity contribution in [3.8, 4) is 0 Å². The van der Waals surface area contributed by atoms with Crippen LogP contribution in [0.5, 0.6) is 0 Å². The van der Waals surface area contributed by atoms with Crippen LogP contribution in [0.2, 0.25) is 0 Å². The van der Waals surface area contributed by atoms with Gasteiger partial charge in [0.25, 0.3) is 0 Å². The molecule has 1 aromatic rings. The molecule has 24 heavy (non-hydrogen) atoms. The number of nitrogens with zero attached hydrogens (tertiary/aromatic N) is 1. The summed E-state index contributed by atoms with van der Waals surface area (Å²) in [5, 5.41) is 6.41. The van der Waals surface area contributed by atoms with Gasteiger partial charge < -0.3 is 15.4 Å². The Morgan fingerprint density at radius 3 is 2.79 bits per heavy atom. The van der Waals surface area contributed by atoms with Gasteiger partial charge in [-0.05, 0) is 38.3 Å². The van der Waals surface area contributed by atoms with Crippen LogP contribution >= 0.6 is 0 Å². The summed E-state index contributed by atoms with van der Waals surface area (Å²) in [4.78, 5) is 4.59. The Morgan fingerprint density at radius 1 is 1.38 bits per heavy atom. The molecule has 0 amide bonds. The molecule has 2 atom stereocenters. The first-order valence-electron chi connectivity index (χ1n) is 8.54. The molecule has 0 bridgehead atoms. The van der Waals surface area contributed by atoms with Gasteiger partial charge in [-0.2, -0.15) is 0 Å². The van der Waals surface area contributed by atoms with Gasteiger partial charge in [0.1, 0.15) is 11.6 Å². The fourth-order valence-corrected chi connectivity index (χ4v) is 2.81. The summed E-state index contributed by atoms with van der Waals surface area (Å²) in [7, 11) is 0. The van der Waals surface area contributed by atoms with E-state index in [4.69, 9.17) is 4.74 Å². The number of rotatable bonds is 6. The molecule has 0 aromatic heterocycles. The quantitative estimate of drug-likeness (QED) is 0.618. The highest BCUT2D eigenvalue weighted by molar-refractivity contribution is 5.79. The number of benzene rings is 1. The van der Waals surface area contributed by atoms with Gasteiger partial charge in [-0.25, -0.2) is 8.78 Å². The van der Waals surface area contributed by atoms with E-state index in [2.05, 4.69) is 22.5 Å². The molecule has 1 aliphatic heterocycles. The maximum absolute atomic E-state index is 13.8. The van der Waals surface area contributed by atoms with Gasteiger partial charge in [0, 0.05) is 31.7 Å². The monoisotopic (exact) mass is 339 g/mol. The van der Waals surface area contributed by atoms with Gasteiger partial charge in [0.05, 0.1) is 12.1 Å². The number of hydrogen-bond donors (Lipinski definition) is 2. The van der Waals surface area contributed by atoms with E-state index < -0.39 is 11.6 Å². The van der Waals surface area contributed by atoms with Crippen molar-refractivity contribution in [3.05, 3.63) is 35.4 Å². The van der Waals surface area contributed by atoms with Gasteiger partial charge in [0.15, 0.2) is 5.96 Å². The van der Waals surface area contributed by atoms with E-state index >= 15 is 0 Å². The van der Waals surface area contributed by atoms with Gasteiger partial charge in [-0.3, -0.25) is 4.99 Å². The van der Waals surface area contributed by atoms with Crippen molar-refractivity contribution in [2.24, 2.45) is 4.99 Å². The highest BCUT2D eigenvalue weighted by Gasteiger charge is 2.29. The van der Waals surface area contributed by atoms with E-state index in [-0.39, 0.29) is 11.5 Å². The van der Waals surface area contributed by atoms with Crippen LogP contribution in [-0.2, 0) is 4.74 Å². The summed E-state index contributed by atoms with van der Waals surface area (Å²) < 4.78 is 32.6. The standard InChI is InChI=1S/C18H27F2N3O/c1-4-21-17(23-12-18(3)8-5-9-24-18)22-11-13(2)15-7-6-14(19)10-16(15)20/h6-7,10,13H,4-5,8-9,11-12H2,1-3H3,(H2,21,22,23). The molecule has 0 radical (unpaired) electrons. The Bertz CT molecular complexity index is 571. The Balaban J connectivity index is 1.94. The van der Waals surface area contributed by atoms with Crippen molar-refractivity contribution in [2.75, 3.05) is 26.2 Å². The summed E-state index contributed by atoms with van der Waals surface area (Å²) in [6.07, 6.45) is 2.07. The van der Waals surface area contributed by atoms with Crippen LogP contribution < -0.4 is 10.6 Å². The first-order valence-corrected chi connectivity index (χ1v) is 8.54. The number of aliphatic imine (C=N–C) groups is 1. The molecule has 134 valence electrons. The highest BCUT2D eigenvalue weighted by atomic mass is 19.1. The average Bonchev–Trinajstić information content (AvgIpc) is 2.97. The molecule has 1 heterocycles. The molecule has 2 N–H and O–H groups in total. The molecule has 6 heteroatoms. The third-order valence-electron chi connectivity index (χ3n) is 4.29. The van der Waals surface area contributed by atoms with E-state index in [9.17, 15) is 8.78 Å². The van der Waals surface area contributed by atoms with Crippen molar-refractivity contribution in [1.82, 2.24) is 10.6 Å². The van der Waals surface area contributed by atoms with Crippen LogP contribution in [0, 0.1) is 11.6 Å². The third-order valence-corrected chi connectivity index (χ3v) is 4.29. The maximum Gasteiger partial charge on any atom is 0.191 e. The van der Waals surface area contributed by atoms with Crippen LogP contribution in [0.25, 0.3) is 0 Å². The van der Waals surface area contributed by atoms with Gasteiger partial charge in [0.2, 0.25) is 0 Å². The lowest BCUT2D eigenvalue weighted by Gasteiger charge is -2.22. The molecule has 1 aromatic carbocycles. The fraction of sp³-hybridized carbons (Fsp3) is 0.611. The molecule has 0 saturated carbocycles. The summed E-state index contributed by atoms with van der Waals surface area (Å²) in [6.45, 7) is 8.58. The largest absolute Gasteiger partial charge is 0.373 e. The second-order valence-electron chi connectivity index (χ2n) is 6.54. The topological polar surface area (TPSA) is 45.7 Å². The van der Waals surface area contributed by atoms with Crippen molar-refractivity contribution in [2.45, 2.75) is 45.1 Å². The lowest BCUT2D eigenvalue weighted by Crippen LogP contribution is -2.40. The minimum atomic E-state index is -0.559. The molecule has 1 fully saturated rings. The maximum atomic E-state index is 13.8. The Morgan fingerprint density at radius 2 is 2.17 bits per heavy atom. The minimum absolute atomic E-state index is 0.104.